The first-order chi connectivity index (χ1) is 12.2. The number of benzene rings is 2. The van der Waals surface area contributed by atoms with Crippen molar-refractivity contribution in [1.82, 2.24) is 15.2 Å². The maximum Gasteiger partial charge on any atom is 0.335 e. The van der Waals surface area contributed by atoms with E-state index in [0.717, 1.165) is 27.6 Å². The largest absolute Gasteiger partial charge is 0.497 e. The quantitative estimate of drug-likeness (QED) is 0.527. The number of carbonyl (C=O) groups is 1. The van der Waals surface area contributed by atoms with Crippen LogP contribution in [0.15, 0.2) is 48.7 Å². The summed E-state index contributed by atoms with van der Waals surface area (Å²) in [5, 5.41) is 21.2. The normalized spacial score (nSPS) is 10.9. The number of nitrogens with zero attached hydrogens (tertiary/aromatic N) is 2. The lowest BCUT2D eigenvalue weighted by Gasteiger charge is -2.10. The van der Waals surface area contributed by atoms with Crippen LogP contribution in [0.3, 0.4) is 0 Å². The minimum absolute atomic E-state index is 0.205. The molecular weight excluding hydrogens is 320 g/mol. The molecule has 2 heterocycles. The molecule has 0 saturated carbocycles. The van der Waals surface area contributed by atoms with Gasteiger partial charge in [0, 0.05) is 16.5 Å². The third-order valence-electron chi connectivity index (χ3n) is 3.97. The predicted molar refractivity (Wildman–Crippen MR) is 94.6 cm³/mol. The first-order valence-electron chi connectivity index (χ1n) is 7.57. The summed E-state index contributed by atoms with van der Waals surface area (Å²) in [5.41, 5.74) is 2.36. The molecule has 0 atom stereocenters. The monoisotopic (exact) mass is 334 g/mol. The van der Waals surface area contributed by atoms with Gasteiger partial charge in [-0.2, -0.15) is 5.10 Å². The van der Waals surface area contributed by atoms with Crippen LogP contribution in [0.5, 0.6) is 5.75 Å². The molecule has 0 amide bonds. The number of anilines is 2. The first-order valence-corrected chi connectivity index (χ1v) is 7.57. The van der Waals surface area contributed by atoms with Crippen LogP contribution in [0.25, 0.3) is 21.8 Å². The summed E-state index contributed by atoms with van der Waals surface area (Å²) in [6, 6.07) is 12.2. The van der Waals surface area contributed by atoms with E-state index in [1.165, 1.54) is 0 Å². The van der Waals surface area contributed by atoms with Gasteiger partial charge in [0.15, 0.2) is 5.82 Å². The van der Waals surface area contributed by atoms with Gasteiger partial charge in [0.2, 0.25) is 0 Å². The van der Waals surface area contributed by atoms with Crippen molar-refractivity contribution in [1.29, 1.82) is 0 Å². The number of nitrogens with one attached hydrogen (secondary N) is 2. The molecule has 0 saturated heterocycles. The van der Waals surface area contributed by atoms with E-state index in [-0.39, 0.29) is 5.56 Å². The van der Waals surface area contributed by atoms with Crippen LogP contribution in [0.1, 0.15) is 10.4 Å². The summed E-state index contributed by atoms with van der Waals surface area (Å²) in [7, 11) is 1.62. The second-order valence-corrected chi connectivity index (χ2v) is 5.51. The van der Waals surface area contributed by atoms with E-state index in [1.54, 1.807) is 37.6 Å². The fraction of sp³-hybridized carbons (Fsp3) is 0.0556. The molecule has 0 fully saturated rings. The van der Waals surface area contributed by atoms with Crippen LogP contribution in [-0.2, 0) is 0 Å². The number of ether oxygens (including phenoxy) is 1. The van der Waals surface area contributed by atoms with E-state index in [4.69, 9.17) is 9.84 Å². The highest BCUT2D eigenvalue weighted by Crippen LogP contribution is 2.31. The van der Waals surface area contributed by atoms with E-state index < -0.39 is 5.97 Å². The van der Waals surface area contributed by atoms with Gasteiger partial charge in [-0.1, -0.05) is 6.07 Å². The summed E-state index contributed by atoms with van der Waals surface area (Å²) in [6.45, 7) is 0. The van der Waals surface area contributed by atoms with Gasteiger partial charge in [0.05, 0.1) is 24.4 Å². The Kier molecular flexibility index (Phi) is 3.46. The Morgan fingerprint density at radius 1 is 1.20 bits per heavy atom. The molecule has 0 unspecified atom stereocenters. The summed E-state index contributed by atoms with van der Waals surface area (Å²) < 4.78 is 5.28. The maximum absolute atomic E-state index is 11.1. The number of aromatic carboxylic acids is 1. The lowest BCUT2D eigenvalue weighted by atomic mass is 10.1. The number of H-pyrrole nitrogens is 1. The van der Waals surface area contributed by atoms with Crippen molar-refractivity contribution in [3.05, 3.63) is 54.2 Å². The van der Waals surface area contributed by atoms with Crippen molar-refractivity contribution in [2.24, 2.45) is 0 Å². The Labute approximate surface area is 142 Å². The van der Waals surface area contributed by atoms with Gasteiger partial charge in [-0.25, -0.2) is 9.78 Å². The van der Waals surface area contributed by atoms with Gasteiger partial charge < -0.3 is 15.2 Å². The third-order valence-corrected chi connectivity index (χ3v) is 3.97. The molecule has 4 rings (SSSR count). The van der Waals surface area contributed by atoms with Crippen molar-refractivity contribution in [3.63, 3.8) is 0 Å². The molecular formula is C18H14N4O3. The van der Waals surface area contributed by atoms with Gasteiger partial charge in [0.1, 0.15) is 11.3 Å². The number of aromatic amines is 1. The highest BCUT2D eigenvalue weighted by Gasteiger charge is 2.12. The molecule has 0 radical (unpaired) electrons. The first kappa shape index (κ1) is 14.9. The number of pyridine rings is 1. The molecule has 7 heteroatoms. The van der Waals surface area contributed by atoms with E-state index in [2.05, 4.69) is 20.5 Å². The van der Waals surface area contributed by atoms with Crippen molar-refractivity contribution in [2.75, 3.05) is 12.4 Å². The summed E-state index contributed by atoms with van der Waals surface area (Å²) in [5.74, 6) is 0.341. The lowest BCUT2D eigenvalue weighted by Crippen LogP contribution is -2.00. The zero-order valence-corrected chi connectivity index (χ0v) is 13.3. The summed E-state index contributed by atoms with van der Waals surface area (Å²) in [4.78, 5) is 15.8. The Bertz CT molecular complexity index is 1100. The molecule has 2 aromatic carbocycles. The fourth-order valence-electron chi connectivity index (χ4n) is 2.76. The minimum Gasteiger partial charge on any atom is -0.497 e. The van der Waals surface area contributed by atoms with Crippen LogP contribution < -0.4 is 10.1 Å². The molecule has 0 bridgehead atoms. The molecule has 0 aliphatic carbocycles. The number of aromatic nitrogens is 3. The zero-order valence-electron chi connectivity index (χ0n) is 13.3. The highest BCUT2D eigenvalue weighted by atomic mass is 16.5. The van der Waals surface area contributed by atoms with Gasteiger partial charge >= 0.3 is 5.97 Å². The predicted octanol–water partition coefficient (Wildman–Crippen LogP) is 3.56. The van der Waals surface area contributed by atoms with Crippen LogP contribution in [-0.4, -0.2) is 33.4 Å². The van der Waals surface area contributed by atoms with Crippen molar-refractivity contribution >= 4 is 39.3 Å². The van der Waals surface area contributed by atoms with Crippen LogP contribution >= 0.6 is 0 Å². The van der Waals surface area contributed by atoms with Gasteiger partial charge in [0.25, 0.3) is 0 Å². The molecule has 25 heavy (non-hydrogen) atoms. The molecule has 4 aromatic rings. The third kappa shape index (κ3) is 2.61. The molecule has 2 aromatic heterocycles. The van der Waals surface area contributed by atoms with E-state index >= 15 is 0 Å². The number of rotatable bonds is 4. The number of fused-ring (bicyclic) bond motifs is 3. The van der Waals surface area contributed by atoms with Gasteiger partial charge in [-0.05, 0) is 36.4 Å². The highest BCUT2D eigenvalue weighted by molar-refractivity contribution is 6.09. The second kappa shape index (κ2) is 5.79. The van der Waals surface area contributed by atoms with E-state index in [0.29, 0.717) is 11.5 Å². The zero-order chi connectivity index (χ0) is 17.4. The number of hydrogen-bond acceptors (Lipinski definition) is 5. The maximum atomic E-state index is 11.1. The number of carboxylic acids is 1. The average Bonchev–Trinajstić information content (AvgIpc) is 3.12. The Hall–Kier alpha value is -3.61. The number of methoxy groups -OCH3 is 1. The average molecular weight is 334 g/mol. The molecule has 7 nitrogen and oxygen atoms in total. The second-order valence-electron chi connectivity index (χ2n) is 5.51. The van der Waals surface area contributed by atoms with Crippen molar-refractivity contribution in [3.8, 4) is 5.75 Å². The number of hydrogen-bond donors (Lipinski definition) is 3. The van der Waals surface area contributed by atoms with E-state index in [9.17, 15) is 4.79 Å². The Balaban J connectivity index is 1.85. The van der Waals surface area contributed by atoms with Crippen LogP contribution in [0.2, 0.25) is 0 Å². The van der Waals surface area contributed by atoms with Gasteiger partial charge in [-0.15, -0.1) is 0 Å². The Morgan fingerprint density at radius 2 is 2.08 bits per heavy atom. The smallest absolute Gasteiger partial charge is 0.335 e. The molecule has 0 aliphatic heterocycles. The Morgan fingerprint density at radius 3 is 2.88 bits per heavy atom. The van der Waals surface area contributed by atoms with Crippen LogP contribution in [0, 0.1) is 0 Å². The minimum atomic E-state index is -0.978. The topological polar surface area (TPSA) is 100 Å². The molecule has 0 spiro atoms. The van der Waals surface area contributed by atoms with Gasteiger partial charge in [-0.3, -0.25) is 5.10 Å². The van der Waals surface area contributed by atoms with Crippen LogP contribution in [0.4, 0.5) is 11.5 Å². The summed E-state index contributed by atoms with van der Waals surface area (Å²) in [6.07, 6.45) is 1.73. The molecule has 0 aliphatic rings. The summed E-state index contributed by atoms with van der Waals surface area (Å²) >= 11 is 0. The number of carboxylic acid groups (broad SMARTS) is 1. The lowest BCUT2D eigenvalue weighted by molar-refractivity contribution is 0.0697. The van der Waals surface area contributed by atoms with Crippen molar-refractivity contribution in [2.45, 2.75) is 0 Å². The SMILES string of the molecule is COc1ccc2nc(Nc3cccc(C(=O)O)c3)c3[nH]ncc3c2c1. The molecule has 124 valence electrons. The molecule has 3 N–H and O–H groups in total. The fourth-order valence-corrected chi connectivity index (χ4v) is 2.76. The van der Waals surface area contributed by atoms with E-state index in [1.807, 2.05) is 18.2 Å². The van der Waals surface area contributed by atoms with Crippen molar-refractivity contribution < 1.29 is 14.6 Å². The standard InChI is InChI=1S/C18H14N4O3/c1-25-12-5-6-15-13(8-12)14-9-19-22-16(14)17(21-15)20-11-4-2-3-10(7-11)18(23)24/h2-9H,1H3,(H,19,22)(H,20,21)(H,23,24).